The molecule has 0 rings (SSSR count). The Morgan fingerprint density at radius 1 is 0.542 bits per heavy atom. The van der Waals surface area contributed by atoms with Crippen LogP contribution >= 0.6 is 0 Å². The lowest BCUT2D eigenvalue weighted by Crippen LogP contribution is -2.11. The van der Waals surface area contributed by atoms with E-state index in [9.17, 15) is 0 Å². The molecular formula is C11H26N2O11. The van der Waals surface area contributed by atoms with Crippen LogP contribution < -0.4 is 11.5 Å². The van der Waals surface area contributed by atoms with Gasteiger partial charge in [-0.3, -0.25) is 19.2 Å². The Morgan fingerprint density at radius 2 is 0.583 bits per heavy atom. The van der Waals surface area contributed by atoms with Crippen LogP contribution in [-0.4, -0.2) is 73.8 Å². The minimum absolute atomic E-state index is 0.597. The first-order valence-corrected chi connectivity index (χ1v) is 5.68. The first-order valence-electron chi connectivity index (χ1n) is 5.68. The monoisotopic (exact) mass is 362 g/mol. The molecule has 0 aliphatic carbocycles. The number of aliphatic carboxylic acids is 4. The molecule has 0 aromatic rings. The van der Waals surface area contributed by atoms with E-state index < -0.39 is 30.0 Å². The van der Waals surface area contributed by atoms with Gasteiger partial charge in [0.1, 0.15) is 0 Å². The van der Waals surface area contributed by atoms with Crippen molar-refractivity contribution >= 4 is 30.0 Å². The number of carboxylic acid groups (broad SMARTS) is 6. The molecule has 0 amide bonds. The van der Waals surface area contributed by atoms with Gasteiger partial charge in [-0.15, -0.1) is 0 Å². The Bertz CT molecular complexity index is 240. The Hall–Kier alpha value is -2.93. The summed E-state index contributed by atoms with van der Waals surface area (Å²) in [4.78, 5) is 44.6. The van der Waals surface area contributed by atoms with Gasteiger partial charge in [0, 0.05) is 40.8 Å². The van der Waals surface area contributed by atoms with Crippen molar-refractivity contribution in [1.82, 2.24) is 0 Å². The van der Waals surface area contributed by atoms with Crippen molar-refractivity contribution in [3.63, 3.8) is 0 Å². The van der Waals surface area contributed by atoms with E-state index in [4.69, 9.17) is 66.1 Å². The van der Waals surface area contributed by atoms with Crippen LogP contribution in [0.3, 0.4) is 0 Å². The first-order chi connectivity index (χ1) is 10.6. The minimum Gasteiger partial charge on any atom is -0.481 e. The zero-order valence-corrected chi connectivity index (χ0v) is 13.8. The van der Waals surface area contributed by atoms with E-state index in [-0.39, 0.29) is 0 Å². The number of hydrogen-bond acceptors (Lipinski definition) is 7. The molecule has 0 saturated carbocycles. The zero-order valence-electron chi connectivity index (χ0n) is 13.8. The summed E-state index contributed by atoms with van der Waals surface area (Å²) in [7, 11) is 0. The second-order valence-electron chi connectivity index (χ2n) is 2.94. The third kappa shape index (κ3) is 1670. The topological polar surface area (TPSA) is 259 Å². The summed E-state index contributed by atoms with van der Waals surface area (Å²) in [5.41, 5.74) is 9.81. The van der Waals surface area contributed by atoms with Crippen molar-refractivity contribution in [1.29, 1.82) is 0 Å². The molecular weight excluding hydrogens is 336 g/mol. The molecule has 0 aliphatic heterocycles. The molecule has 0 saturated heterocycles. The zero-order chi connectivity index (χ0) is 21.3. The highest BCUT2D eigenvalue weighted by atomic mass is 16.6. The maximum atomic E-state index is 9.00. The second kappa shape index (κ2) is 36.9. The quantitative estimate of drug-likeness (QED) is 0.292. The Kier molecular flexibility index (Phi) is 57.4. The molecule has 0 bridgehead atoms. The van der Waals surface area contributed by atoms with E-state index >= 15 is 0 Å². The van der Waals surface area contributed by atoms with E-state index in [1.54, 1.807) is 0 Å². The van der Waals surface area contributed by atoms with Crippen molar-refractivity contribution in [2.45, 2.75) is 27.7 Å². The van der Waals surface area contributed by atoms with Gasteiger partial charge in [-0.2, -0.15) is 0 Å². The van der Waals surface area contributed by atoms with Crippen LogP contribution in [0.15, 0.2) is 0 Å². The van der Waals surface area contributed by atoms with E-state index in [0.29, 0.717) is 13.1 Å². The summed E-state index contributed by atoms with van der Waals surface area (Å²) in [6.07, 6.45) is -1.83. The van der Waals surface area contributed by atoms with Crippen LogP contribution in [0.4, 0.5) is 4.79 Å². The molecule has 0 atom stereocenters. The van der Waals surface area contributed by atoms with Gasteiger partial charge in [-0.1, -0.05) is 0 Å². The first kappa shape index (κ1) is 37.4. The molecule has 0 radical (unpaired) electrons. The third-order valence-corrected chi connectivity index (χ3v) is 0.167. The Balaban J connectivity index is -0.0000000405. The smallest absolute Gasteiger partial charge is 0.481 e. The van der Waals surface area contributed by atoms with Crippen molar-refractivity contribution in [3.8, 4) is 0 Å². The molecule has 13 heteroatoms. The van der Waals surface area contributed by atoms with Crippen LogP contribution in [0.25, 0.3) is 0 Å². The van der Waals surface area contributed by atoms with E-state index in [1.807, 2.05) is 0 Å². The SMILES string of the molecule is CC(=O)O.CC(=O)O.CC(=O)O.CC(=O)O.NCCN.O=C(O)O. The minimum atomic E-state index is -1.83. The maximum Gasteiger partial charge on any atom is 0.503 e. The highest BCUT2D eigenvalue weighted by Gasteiger charge is 1.70. The summed E-state index contributed by atoms with van der Waals surface area (Å²) >= 11 is 0. The van der Waals surface area contributed by atoms with Gasteiger partial charge in [0.2, 0.25) is 0 Å². The van der Waals surface area contributed by atoms with Gasteiger partial charge in [0.25, 0.3) is 23.9 Å². The fourth-order valence-corrected chi connectivity index (χ4v) is 0. The molecule has 10 N–H and O–H groups in total. The normalized spacial score (nSPS) is 6.42. The largest absolute Gasteiger partial charge is 0.503 e. The van der Waals surface area contributed by atoms with Gasteiger partial charge in [-0.05, 0) is 0 Å². The predicted octanol–water partition coefficient (Wildman–Crippen LogP) is -0.510. The number of hydrogen-bond donors (Lipinski definition) is 8. The van der Waals surface area contributed by atoms with Crippen LogP contribution in [0.5, 0.6) is 0 Å². The number of carbonyl (C=O) groups is 5. The summed E-state index contributed by atoms with van der Waals surface area (Å²) < 4.78 is 0. The fraction of sp³-hybridized carbons (Fsp3) is 0.545. The van der Waals surface area contributed by atoms with E-state index in [2.05, 4.69) is 0 Å². The Morgan fingerprint density at radius 3 is 0.583 bits per heavy atom. The van der Waals surface area contributed by atoms with Gasteiger partial charge < -0.3 is 42.1 Å². The summed E-state index contributed by atoms with van der Waals surface area (Å²) in [6, 6.07) is 0. The van der Waals surface area contributed by atoms with Crippen LogP contribution in [0.2, 0.25) is 0 Å². The van der Waals surface area contributed by atoms with Crippen molar-refractivity contribution in [2.75, 3.05) is 13.1 Å². The van der Waals surface area contributed by atoms with Crippen LogP contribution in [0.1, 0.15) is 27.7 Å². The van der Waals surface area contributed by atoms with Gasteiger partial charge in [0.15, 0.2) is 0 Å². The number of rotatable bonds is 1. The standard InChI is InChI=1S/C2H8N2.4C2H4O2.CH2O3/c3-1-2-4;4*1-2(3)4;2-1(3)4/h1-4H2;4*1H3,(H,3,4);(H2,2,3,4). The lowest BCUT2D eigenvalue weighted by Gasteiger charge is -1.72. The molecule has 0 spiro atoms. The summed E-state index contributed by atoms with van der Waals surface area (Å²) in [5, 5.41) is 43.6. The summed E-state index contributed by atoms with van der Waals surface area (Å²) in [6.45, 7) is 5.53. The van der Waals surface area contributed by atoms with Gasteiger partial charge in [-0.25, -0.2) is 4.79 Å². The highest BCUT2D eigenvalue weighted by molar-refractivity contribution is 5.63. The second-order valence-corrected chi connectivity index (χ2v) is 2.94. The molecule has 24 heavy (non-hydrogen) atoms. The molecule has 0 aromatic carbocycles. The fourth-order valence-electron chi connectivity index (χ4n) is 0. The van der Waals surface area contributed by atoms with Gasteiger partial charge in [0.05, 0.1) is 0 Å². The number of nitrogens with two attached hydrogens (primary N) is 2. The predicted molar refractivity (Wildman–Crippen MR) is 82.0 cm³/mol. The Labute approximate surface area is 138 Å². The molecule has 0 aromatic heterocycles. The molecule has 146 valence electrons. The summed E-state index contributed by atoms with van der Waals surface area (Å²) in [5.74, 6) is -3.33. The highest BCUT2D eigenvalue weighted by Crippen LogP contribution is 1.43. The molecule has 0 aliphatic rings. The average molecular weight is 362 g/mol. The molecule has 13 nitrogen and oxygen atoms in total. The van der Waals surface area contributed by atoms with Crippen molar-refractivity contribution < 1.29 is 54.6 Å². The molecule has 0 heterocycles. The lowest BCUT2D eigenvalue weighted by molar-refractivity contribution is -0.135. The third-order valence-electron chi connectivity index (χ3n) is 0.167. The van der Waals surface area contributed by atoms with Crippen LogP contribution in [0, 0.1) is 0 Å². The maximum absolute atomic E-state index is 9.00. The van der Waals surface area contributed by atoms with E-state index in [1.165, 1.54) is 0 Å². The van der Waals surface area contributed by atoms with Gasteiger partial charge >= 0.3 is 6.16 Å². The molecule has 0 fully saturated rings. The van der Waals surface area contributed by atoms with Crippen molar-refractivity contribution in [2.24, 2.45) is 11.5 Å². The molecule has 0 unspecified atom stereocenters. The lowest BCUT2D eigenvalue weighted by atomic mass is 10.7. The average Bonchev–Trinajstić information content (AvgIpc) is 2.24. The van der Waals surface area contributed by atoms with Crippen LogP contribution in [-0.2, 0) is 19.2 Å². The van der Waals surface area contributed by atoms with E-state index in [0.717, 1.165) is 27.7 Å². The van der Waals surface area contributed by atoms with Crippen molar-refractivity contribution in [3.05, 3.63) is 0 Å². The number of carboxylic acids is 4.